The zero-order valence-electron chi connectivity index (χ0n) is 11.1. The van der Waals surface area contributed by atoms with Crippen molar-refractivity contribution in [2.75, 3.05) is 10.6 Å². The zero-order valence-corrected chi connectivity index (χ0v) is 11.1. The standard InChI is InChI=1S/C12H13F4N3O2/c1-6(20)18-7-3-4-8(13)9(5-7)19-10(21)11(2,17)12(14,15)16/h3-5H,17H2,1-2H3,(H,18,20)(H,19,21). The summed E-state index contributed by atoms with van der Waals surface area (Å²) in [7, 11) is 0. The van der Waals surface area contributed by atoms with E-state index in [0.717, 1.165) is 12.1 Å². The predicted molar refractivity (Wildman–Crippen MR) is 68.0 cm³/mol. The molecular formula is C12H13F4N3O2. The van der Waals surface area contributed by atoms with Crippen LogP contribution < -0.4 is 16.4 Å². The van der Waals surface area contributed by atoms with Gasteiger partial charge in [0.1, 0.15) is 5.82 Å². The van der Waals surface area contributed by atoms with Crippen LogP contribution in [0.3, 0.4) is 0 Å². The van der Waals surface area contributed by atoms with Gasteiger partial charge in [-0.3, -0.25) is 9.59 Å². The minimum Gasteiger partial charge on any atom is -0.326 e. The van der Waals surface area contributed by atoms with Crippen LogP contribution in [-0.2, 0) is 9.59 Å². The average molecular weight is 307 g/mol. The number of amides is 2. The maximum absolute atomic E-state index is 13.5. The minimum atomic E-state index is -5.00. The van der Waals surface area contributed by atoms with Crippen molar-refractivity contribution < 1.29 is 27.2 Å². The van der Waals surface area contributed by atoms with Crippen molar-refractivity contribution in [2.45, 2.75) is 25.6 Å². The quantitative estimate of drug-likeness (QED) is 0.747. The van der Waals surface area contributed by atoms with Crippen LogP contribution in [0.4, 0.5) is 28.9 Å². The SMILES string of the molecule is CC(=O)Nc1ccc(F)c(NC(=O)C(C)(N)C(F)(F)F)c1. The van der Waals surface area contributed by atoms with E-state index in [9.17, 15) is 27.2 Å². The van der Waals surface area contributed by atoms with Gasteiger partial charge in [-0.25, -0.2) is 4.39 Å². The number of carbonyl (C=O) groups is 2. The third-order valence-electron chi connectivity index (χ3n) is 2.60. The van der Waals surface area contributed by atoms with Crippen LogP contribution in [0.15, 0.2) is 18.2 Å². The number of carbonyl (C=O) groups excluding carboxylic acids is 2. The smallest absolute Gasteiger partial charge is 0.326 e. The van der Waals surface area contributed by atoms with Gasteiger partial charge >= 0.3 is 6.18 Å². The maximum atomic E-state index is 13.5. The molecule has 0 radical (unpaired) electrons. The number of nitrogens with one attached hydrogen (secondary N) is 2. The van der Waals surface area contributed by atoms with Crippen molar-refractivity contribution in [1.29, 1.82) is 0 Å². The molecule has 0 bridgehead atoms. The summed E-state index contributed by atoms with van der Waals surface area (Å²) in [6, 6.07) is 3.07. The lowest BCUT2D eigenvalue weighted by atomic mass is 10.0. The Kier molecular flexibility index (Phi) is 4.57. The van der Waals surface area contributed by atoms with E-state index in [1.54, 1.807) is 5.32 Å². The third kappa shape index (κ3) is 3.91. The Morgan fingerprint density at radius 2 is 1.76 bits per heavy atom. The lowest BCUT2D eigenvalue weighted by Gasteiger charge is -2.26. The monoisotopic (exact) mass is 307 g/mol. The molecule has 0 aliphatic carbocycles. The summed E-state index contributed by atoms with van der Waals surface area (Å²) in [5.41, 5.74) is 1.34. The zero-order chi connectivity index (χ0) is 16.4. The molecule has 0 fully saturated rings. The normalized spacial score (nSPS) is 14.2. The fraction of sp³-hybridized carbons (Fsp3) is 0.333. The van der Waals surface area contributed by atoms with Crippen LogP contribution in [0.1, 0.15) is 13.8 Å². The Morgan fingerprint density at radius 3 is 2.24 bits per heavy atom. The molecule has 0 aromatic heterocycles. The number of anilines is 2. The van der Waals surface area contributed by atoms with Crippen LogP contribution in [0, 0.1) is 5.82 Å². The van der Waals surface area contributed by atoms with Gasteiger partial charge in [0.15, 0.2) is 5.54 Å². The minimum absolute atomic E-state index is 0.116. The van der Waals surface area contributed by atoms with E-state index < -0.39 is 35.0 Å². The molecule has 0 spiro atoms. The number of benzene rings is 1. The fourth-order valence-corrected chi connectivity index (χ4v) is 1.28. The molecule has 2 amide bonds. The highest BCUT2D eigenvalue weighted by Crippen LogP contribution is 2.29. The Morgan fingerprint density at radius 1 is 1.19 bits per heavy atom. The molecule has 1 aromatic rings. The first-order chi connectivity index (χ1) is 9.45. The largest absolute Gasteiger partial charge is 0.415 e. The summed E-state index contributed by atoms with van der Waals surface area (Å²) in [6.07, 6.45) is -5.00. The first-order valence-electron chi connectivity index (χ1n) is 5.69. The highest BCUT2D eigenvalue weighted by molar-refractivity contribution is 5.99. The van der Waals surface area contributed by atoms with Crippen LogP contribution in [-0.4, -0.2) is 23.5 Å². The lowest BCUT2D eigenvalue weighted by molar-refractivity contribution is -0.184. The highest BCUT2D eigenvalue weighted by Gasteiger charge is 2.54. The molecule has 0 saturated carbocycles. The van der Waals surface area contributed by atoms with Gasteiger partial charge in [-0.05, 0) is 25.1 Å². The summed E-state index contributed by atoms with van der Waals surface area (Å²) in [6.45, 7) is 1.67. The van der Waals surface area contributed by atoms with E-state index in [0.29, 0.717) is 6.92 Å². The Hall–Kier alpha value is -2.16. The summed E-state index contributed by atoms with van der Waals surface area (Å²) in [5.74, 6) is -3.04. The van der Waals surface area contributed by atoms with Gasteiger partial charge in [-0.1, -0.05) is 0 Å². The van der Waals surface area contributed by atoms with Gasteiger partial charge in [-0.15, -0.1) is 0 Å². The van der Waals surface area contributed by atoms with Crippen LogP contribution in [0.2, 0.25) is 0 Å². The molecular weight excluding hydrogens is 294 g/mol. The van der Waals surface area contributed by atoms with E-state index in [4.69, 9.17) is 5.73 Å². The van der Waals surface area contributed by atoms with E-state index in [1.807, 2.05) is 0 Å². The van der Waals surface area contributed by atoms with Gasteiger partial charge in [0.25, 0.3) is 5.91 Å². The van der Waals surface area contributed by atoms with Crippen LogP contribution in [0.5, 0.6) is 0 Å². The number of hydrogen-bond donors (Lipinski definition) is 3. The van der Waals surface area contributed by atoms with Crippen molar-refractivity contribution in [2.24, 2.45) is 5.73 Å². The van der Waals surface area contributed by atoms with Crippen molar-refractivity contribution in [3.8, 4) is 0 Å². The molecule has 116 valence electrons. The molecule has 1 rings (SSSR count). The molecule has 1 atom stereocenters. The second-order valence-electron chi connectivity index (χ2n) is 4.53. The Bertz CT molecular complexity index is 570. The molecule has 1 unspecified atom stereocenters. The van der Waals surface area contributed by atoms with Crippen molar-refractivity contribution in [3.63, 3.8) is 0 Å². The topological polar surface area (TPSA) is 84.2 Å². The van der Waals surface area contributed by atoms with E-state index >= 15 is 0 Å². The number of halogens is 4. The average Bonchev–Trinajstić information content (AvgIpc) is 2.31. The lowest BCUT2D eigenvalue weighted by Crippen LogP contribution is -2.59. The fourth-order valence-electron chi connectivity index (χ4n) is 1.28. The molecule has 5 nitrogen and oxygen atoms in total. The number of rotatable bonds is 3. The number of hydrogen-bond acceptors (Lipinski definition) is 3. The molecule has 4 N–H and O–H groups in total. The van der Waals surface area contributed by atoms with Crippen LogP contribution in [0.25, 0.3) is 0 Å². The van der Waals surface area contributed by atoms with E-state index in [-0.39, 0.29) is 5.69 Å². The predicted octanol–water partition coefficient (Wildman–Crippen LogP) is 2.00. The van der Waals surface area contributed by atoms with Gasteiger partial charge in [0.2, 0.25) is 5.91 Å². The summed E-state index contributed by atoms with van der Waals surface area (Å²) >= 11 is 0. The first kappa shape index (κ1) is 16.9. The summed E-state index contributed by atoms with van der Waals surface area (Å²) in [5, 5.41) is 4.06. The van der Waals surface area contributed by atoms with Gasteiger partial charge < -0.3 is 16.4 Å². The van der Waals surface area contributed by atoms with Gasteiger partial charge in [0.05, 0.1) is 5.69 Å². The van der Waals surface area contributed by atoms with Gasteiger partial charge in [0, 0.05) is 12.6 Å². The summed E-state index contributed by atoms with van der Waals surface area (Å²) in [4.78, 5) is 22.4. The highest BCUT2D eigenvalue weighted by atomic mass is 19.4. The van der Waals surface area contributed by atoms with E-state index in [1.165, 1.54) is 13.0 Å². The maximum Gasteiger partial charge on any atom is 0.415 e. The van der Waals surface area contributed by atoms with Crippen LogP contribution >= 0.6 is 0 Å². The summed E-state index contributed by atoms with van der Waals surface area (Å²) < 4.78 is 51.3. The number of alkyl halides is 3. The second kappa shape index (κ2) is 5.68. The molecule has 0 saturated heterocycles. The molecule has 21 heavy (non-hydrogen) atoms. The van der Waals surface area contributed by atoms with E-state index in [2.05, 4.69) is 5.32 Å². The third-order valence-corrected chi connectivity index (χ3v) is 2.60. The molecule has 0 heterocycles. The molecule has 1 aromatic carbocycles. The second-order valence-corrected chi connectivity index (χ2v) is 4.53. The van der Waals surface area contributed by atoms with Crippen molar-refractivity contribution in [1.82, 2.24) is 0 Å². The number of nitrogens with two attached hydrogens (primary N) is 1. The van der Waals surface area contributed by atoms with Crippen molar-refractivity contribution >= 4 is 23.2 Å². The first-order valence-corrected chi connectivity index (χ1v) is 5.69. The molecule has 0 aliphatic rings. The Balaban J connectivity index is 3.02. The Labute approximate surface area is 117 Å². The molecule has 0 aliphatic heterocycles. The molecule has 9 heteroatoms. The van der Waals surface area contributed by atoms with Crippen molar-refractivity contribution in [3.05, 3.63) is 24.0 Å². The van der Waals surface area contributed by atoms with Gasteiger partial charge in [-0.2, -0.15) is 13.2 Å².